The molecule has 112 valence electrons. The molecular formula is C15H7ClF3NO2. The molecule has 0 spiro atoms. The summed E-state index contributed by atoms with van der Waals surface area (Å²) in [5.74, 6) is 5.15. The summed E-state index contributed by atoms with van der Waals surface area (Å²) in [5, 5.41) is 11.4. The largest absolute Gasteiger partial charge is 0.416 e. The van der Waals surface area contributed by atoms with Crippen LogP contribution in [0.25, 0.3) is 0 Å². The minimum absolute atomic E-state index is 0.0899. The first-order valence-corrected chi connectivity index (χ1v) is 6.28. The van der Waals surface area contributed by atoms with Gasteiger partial charge >= 0.3 is 6.18 Å². The van der Waals surface area contributed by atoms with E-state index >= 15 is 0 Å². The molecular weight excluding hydrogens is 319 g/mol. The van der Waals surface area contributed by atoms with Gasteiger partial charge in [0.1, 0.15) is 5.56 Å². The number of benzene rings is 2. The van der Waals surface area contributed by atoms with Gasteiger partial charge in [0.2, 0.25) is 0 Å². The van der Waals surface area contributed by atoms with Crippen molar-refractivity contribution in [1.82, 2.24) is 0 Å². The Hall–Kier alpha value is -2.52. The number of nitrogens with zero attached hydrogens (tertiary/aromatic N) is 1. The molecule has 0 radical (unpaired) electrons. The molecule has 22 heavy (non-hydrogen) atoms. The van der Waals surface area contributed by atoms with Gasteiger partial charge in [-0.2, -0.15) is 13.2 Å². The molecule has 2 rings (SSSR count). The minimum Gasteiger partial charge on any atom is -0.258 e. The summed E-state index contributed by atoms with van der Waals surface area (Å²) in [6, 6.07) is 8.62. The highest BCUT2D eigenvalue weighted by Gasteiger charge is 2.32. The molecule has 3 nitrogen and oxygen atoms in total. The van der Waals surface area contributed by atoms with Gasteiger partial charge in [-0.1, -0.05) is 23.4 Å². The van der Waals surface area contributed by atoms with Gasteiger partial charge in [0.25, 0.3) is 5.69 Å². The van der Waals surface area contributed by atoms with Gasteiger partial charge in [-0.25, -0.2) is 0 Å². The molecule has 0 aromatic heterocycles. The predicted molar refractivity (Wildman–Crippen MR) is 75.5 cm³/mol. The number of rotatable bonds is 1. The van der Waals surface area contributed by atoms with Crippen LogP contribution in [0.15, 0.2) is 42.5 Å². The number of halogens is 4. The molecule has 0 aliphatic carbocycles. The van der Waals surface area contributed by atoms with Crippen LogP contribution in [0.1, 0.15) is 16.7 Å². The van der Waals surface area contributed by atoms with Crippen molar-refractivity contribution in [3.63, 3.8) is 0 Å². The Bertz CT molecular complexity index is 774. The monoisotopic (exact) mass is 325 g/mol. The molecule has 0 aliphatic rings. The van der Waals surface area contributed by atoms with E-state index in [9.17, 15) is 23.3 Å². The van der Waals surface area contributed by atoms with E-state index in [1.165, 1.54) is 0 Å². The van der Waals surface area contributed by atoms with E-state index in [0.29, 0.717) is 16.7 Å². The molecule has 2 aromatic carbocycles. The van der Waals surface area contributed by atoms with Crippen molar-refractivity contribution in [3.05, 3.63) is 74.3 Å². The van der Waals surface area contributed by atoms with Crippen LogP contribution >= 0.6 is 11.6 Å². The van der Waals surface area contributed by atoms with Crippen molar-refractivity contribution in [2.24, 2.45) is 0 Å². The van der Waals surface area contributed by atoms with Crippen LogP contribution in [0, 0.1) is 22.0 Å². The summed E-state index contributed by atoms with van der Waals surface area (Å²) < 4.78 is 37.7. The molecule has 2 aromatic rings. The van der Waals surface area contributed by atoms with Crippen molar-refractivity contribution in [1.29, 1.82) is 0 Å². The van der Waals surface area contributed by atoms with E-state index in [1.807, 2.05) is 0 Å². The summed E-state index contributed by atoms with van der Waals surface area (Å²) in [4.78, 5) is 10.0. The van der Waals surface area contributed by atoms with Crippen molar-refractivity contribution in [2.45, 2.75) is 6.18 Å². The number of alkyl halides is 3. The summed E-state index contributed by atoms with van der Waals surface area (Å²) >= 11 is 5.71. The lowest BCUT2D eigenvalue weighted by Crippen LogP contribution is -2.06. The smallest absolute Gasteiger partial charge is 0.258 e. The van der Waals surface area contributed by atoms with Crippen LogP contribution in [0.5, 0.6) is 0 Å². The van der Waals surface area contributed by atoms with Crippen LogP contribution in [0.2, 0.25) is 5.02 Å². The lowest BCUT2D eigenvalue weighted by Gasteiger charge is -2.06. The van der Waals surface area contributed by atoms with Gasteiger partial charge < -0.3 is 0 Å². The van der Waals surface area contributed by atoms with Crippen LogP contribution in [0.3, 0.4) is 0 Å². The highest BCUT2D eigenvalue weighted by Crippen LogP contribution is 2.32. The Balaban J connectivity index is 2.44. The Morgan fingerprint density at radius 1 is 1.05 bits per heavy atom. The van der Waals surface area contributed by atoms with E-state index in [0.717, 1.165) is 12.1 Å². The summed E-state index contributed by atoms with van der Waals surface area (Å²) in [5.41, 5.74) is -1.32. The fourth-order valence-electron chi connectivity index (χ4n) is 1.64. The molecule has 0 aliphatic heterocycles. The highest BCUT2D eigenvalue weighted by molar-refractivity contribution is 6.30. The van der Waals surface area contributed by atoms with E-state index in [2.05, 4.69) is 11.8 Å². The standard InChI is InChI=1S/C15H7ClF3NO2/c16-13-7-2-10(3-8-13)1-4-11-5-6-12(15(17,18)19)9-14(11)20(21)22/h2-3,5-9H. The lowest BCUT2D eigenvalue weighted by atomic mass is 10.1. The van der Waals surface area contributed by atoms with Gasteiger partial charge in [-0.3, -0.25) is 10.1 Å². The van der Waals surface area contributed by atoms with Crippen molar-refractivity contribution in [2.75, 3.05) is 0 Å². The van der Waals surface area contributed by atoms with Crippen LogP contribution in [-0.2, 0) is 6.18 Å². The highest BCUT2D eigenvalue weighted by atomic mass is 35.5. The van der Waals surface area contributed by atoms with Gasteiger partial charge in [0, 0.05) is 16.7 Å². The molecule has 0 unspecified atom stereocenters. The second kappa shape index (κ2) is 6.08. The first-order chi connectivity index (χ1) is 10.3. The van der Waals surface area contributed by atoms with E-state index in [4.69, 9.17) is 11.6 Å². The Morgan fingerprint density at radius 3 is 2.23 bits per heavy atom. The Kier molecular flexibility index (Phi) is 4.38. The second-order valence-electron chi connectivity index (χ2n) is 4.24. The Labute approximate surface area is 128 Å². The first-order valence-electron chi connectivity index (χ1n) is 5.90. The molecule has 0 saturated heterocycles. The van der Waals surface area contributed by atoms with Gasteiger partial charge in [0.15, 0.2) is 0 Å². The number of hydrogen-bond donors (Lipinski definition) is 0. The molecule has 0 bridgehead atoms. The zero-order chi connectivity index (χ0) is 16.3. The van der Waals surface area contributed by atoms with Crippen molar-refractivity contribution < 1.29 is 18.1 Å². The third-order valence-corrected chi connectivity index (χ3v) is 2.96. The molecule has 0 saturated carbocycles. The van der Waals surface area contributed by atoms with Gasteiger partial charge in [-0.05, 0) is 36.4 Å². The fraction of sp³-hybridized carbons (Fsp3) is 0.0667. The molecule has 0 fully saturated rings. The molecule has 0 amide bonds. The maximum atomic E-state index is 12.6. The summed E-state index contributed by atoms with van der Waals surface area (Å²) in [6.07, 6.45) is -4.65. The van der Waals surface area contributed by atoms with E-state index in [-0.39, 0.29) is 5.56 Å². The van der Waals surface area contributed by atoms with Crippen LogP contribution < -0.4 is 0 Å². The lowest BCUT2D eigenvalue weighted by molar-refractivity contribution is -0.385. The molecule has 7 heteroatoms. The first kappa shape index (κ1) is 15.9. The number of nitro benzene ring substituents is 1. The average molecular weight is 326 g/mol. The van der Waals surface area contributed by atoms with Crippen molar-refractivity contribution >= 4 is 17.3 Å². The maximum absolute atomic E-state index is 12.6. The van der Waals surface area contributed by atoms with E-state index in [1.54, 1.807) is 24.3 Å². The Morgan fingerprint density at radius 2 is 1.68 bits per heavy atom. The quantitative estimate of drug-likeness (QED) is 0.434. The topological polar surface area (TPSA) is 43.1 Å². The molecule has 0 atom stereocenters. The fourth-order valence-corrected chi connectivity index (χ4v) is 1.76. The zero-order valence-corrected chi connectivity index (χ0v) is 11.6. The SMILES string of the molecule is O=[N+]([O-])c1cc(C(F)(F)F)ccc1C#Cc1ccc(Cl)cc1. The molecule has 0 heterocycles. The minimum atomic E-state index is -4.65. The van der Waals surface area contributed by atoms with Gasteiger partial charge in [-0.15, -0.1) is 0 Å². The van der Waals surface area contributed by atoms with Crippen LogP contribution in [-0.4, -0.2) is 4.92 Å². The average Bonchev–Trinajstić information content (AvgIpc) is 2.45. The normalized spacial score (nSPS) is 10.7. The third-order valence-electron chi connectivity index (χ3n) is 2.71. The predicted octanol–water partition coefficient (Wildman–Crippen LogP) is 4.67. The summed E-state index contributed by atoms with van der Waals surface area (Å²) in [6.45, 7) is 0. The maximum Gasteiger partial charge on any atom is 0.416 e. The van der Waals surface area contributed by atoms with Crippen molar-refractivity contribution in [3.8, 4) is 11.8 Å². The number of hydrogen-bond acceptors (Lipinski definition) is 2. The third kappa shape index (κ3) is 3.77. The van der Waals surface area contributed by atoms with Crippen LogP contribution in [0.4, 0.5) is 18.9 Å². The summed E-state index contributed by atoms with van der Waals surface area (Å²) in [7, 11) is 0. The second-order valence-corrected chi connectivity index (χ2v) is 4.68. The van der Waals surface area contributed by atoms with E-state index < -0.39 is 22.4 Å². The van der Waals surface area contributed by atoms with Gasteiger partial charge in [0.05, 0.1) is 10.5 Å². The zero-order valence-electron chi connectivity index (χ0n) is 10.8. The number of nitro groups is 1. The molecule has 0 N–H and O–H groups in total.